The molecule has 0 aromatic heterocycles. The zero-order valence-electron chi connectivity index (χ0n) is 11.9. The highest BCUT2D eigenvalue weighted by Gasteiger charge is 2.40. The molecule has 1 atom stereocenters. The van der Waals surface area contributed by atoms with Gasteiger partial charge in [0.2, 0.25) is 0 Å². The lowest BCUT2D eigenvalue weighted by Gasteiger charge is -2.22. The lowest BCUT2D eigenvalue weighted by molar-refractivity contribution is -0.127. The predicted octanol–water partition coefficient (Wildman–Crippen LogP) is 1.33. The summed E-state index contributed by atoms with van der Waals surface area (Å²) >= 11 is 0. The number of carbonyl (C=O) groups excluding carboxylic acids is 2. The Hall–Kier alpha value is -2.04. The minimum absolute atomic E-state index is 0.0926. The number of rotatable bonds is 3. The summed E-state index contributed by atoms with van der Waals surface area (Å²) in [6.07, 6.45) is 1.04. The van der Waals surface area contributed by atoms with Crippen LogP contribution >= 0.6 is 0 Å². The molecule has 5 heteroatoms. The summed E-state index contributed by atoms with van der Waals surface area (Å²) in [4.78, 5) is 29.1. The van der Waals surface area contributed by atoms with Crippen LogP contribution in [0.2, 0.25) is 0 Å². The first-order valence-electron chi connectivity index (χ1n) is 7.00. The average molecular weight is 273 g/mol. The SMILES string of the molecule is C[C@H]1C(=O)N(CCN2CCc3ccccc32)C(=O)N1C. The summed E-state index contributed by atoms with van der Waals surface area (Å²) in [6.45, 7) is 3.89. The number of anilines is 1. The van der Waals surface area contributed by atoms with Gasteiger partial charge < -0.3 is 9.80 Å². The zero-order chi connectivity index (χ0) is 14.3. The van der Waals surface area contributed by atoms with Crippen LogP contribution in [-0.4, -0.2) is 54.5 Å². The van der Waals surface area contributed by atoms with Gasteiger partial charge in [0.1, 0.15) is 6.04 Å². The molecule has 2 aliphatic heterocycles. The number of imide groups is 1. The van der Waals surface area contributed by atoms with E-state index in [4.69, 9.17) is 0 Å². The number of hydrogen-bond acceptors (Lipinski definition) is 3. The number of hydrogen-bond donors (Lipinski definition) is 0. The largest absolute Gasteiger partial charge is 0.369 e. The van der Waals surface area contributed by atoms with E-state index in [1.165, 1.54) is 21.1 Å². The normalized spacial score (nSPS) is 21.9. The third-order valence-electron chi connectivity index (χ3n) is 4.31. The molecule has 0 bridgehead atoms. The maximum Gasteiger partial charge on any atom is 0.327 e. The Balaban J connectivity index is 1.67. The van der Waals surface area contributed by atoms with Gasteiger partial charge in [-0.1, -0.05) is 18.2 Å². The van der Waals surface area contributed by atoms with Gasteiger partial charge in [-0.2, -0.15) is 0 Å². The number of fused-ring (bicyclic) bond motifs is 1. The fourth-order valence-electron chi connectivity index (χ4n) is 2.91. The van der Waals surface area contributed by atoms with Crippen LogP contribution < -0.4 is 4.90 Å². The molecule has 1 aromatic carbocycles. The molecule has 5 nitrogen and oxygen atoms in total. The highest BCUT2D eigenvalue weighted by molar-refractivity contribution is 6.03. The number of para-hydroxylation sites is 1. The van der Waals surface area contributed by atoms with E-state index in [9.17, 15) is 9.59 Å². The summed E-state index contributed by atoms with van der Waals surface area (Å²) in [6, 6.07) is 7.79. The molecule has 2 heterocycles. The minimum atomic E-state index is -0.339. The number of amides is 3. The van der Waals surface area contributed by atoms with Gasteiger partial charge in [-0.25, -0.2) is 4.79 Å². The van der Waals surface area contributed by atoms with Gasteiger partial charge in [0.05, 0.1) is 0 Å². The highest BCUT2D eigenvalue weighted by atomic mass is 16.2. The molecule has 0 N–H and O–H groups in total. The van der Waals surface area contributed by atoms with Crippen molar-refractivity contribution in [1.82, 2.24) is 9.80 Å². The molecule has 3 rings (SSSR count). The average Bonchev–Trinajstić information content (AvgIpc) is 2.95. The second-order valence-corrected chi connectivity index (χ2v) is 5.43. The molecule has 0 radical (unpaired) electrons. The second kappa shape index (κ2) is 4.81. The lowest BCUT2D eigenvalue weighted by atomic mass is 10.2. The van der Waals surface area contributed by atoms with Crippen LogP contribution in [0.15, 0.2) is 24.3 Å². The molecular formula is C15H19N3O2. The van der Waals surface area contributed by atoms with Crippen LogP contribution in [-0.2, 0) is 11.2 Å². The Bertz CT molecular complexity index is 538. The molecule has 3 amide bonds. The van der Waals surface area contributed by atoms with E-state index in [1.54, 1.807) is 14.0 Å². The number of likely N-dealkylation sites (N-methyl/N-ethyl adjacent to an activating group) is 1. The molecule has 2 aliphatic rings. The molecule has 106 valence electrons. The van der Waals surface area contributed by atoms with Crippen molar-refractivity contribution in [3.05, 3.63) is 29.8 Å². The van der Waals surface area contributed by atoms with E-state index >= 15 is 0 Å². The summed E-state index contributed by atoms with van der Waals surface area (Å²) in [7, 11) is 1.68. The Morgan fingerprint density at radius 2 is 1.95 bits per heavy atom. The van der Waals surface area contributed by atoms with Gasteiger partial charge in [0.15, 0.2) is 0 Å². The van der Waals surface area contributed by atoms with Gasteiger partial charge in [-0.15, -0.1) is 0 Å². The van der Waals surface area contributed by atoms with Crippen molar-refractivity contribution in [1.29, 1.82) is 0 Å². The predicted molar refractivity (Wildman–Crippen MR) is 76.7 cm³/mol. The highest BCUT2D eigenvalue weighted by Crippen LogP contribution is 2.27. The Labute approximate surface area is 118 Å². The summed E-state index contributed by atoms with van der Waals surface area (Å²) in [5, 5.41) is 0. The number of nitrogens with zero attached hydrogens (tertiary/aromatic N) is 3. The second-order valence-electron chi connectivity index (χ2n) is 5.43. The van der Waals surface area contributed by atoms with Crippen LogP contribution in [0, 0.1) is 0 Å². The van der Waals surface area contributed by atoms with Gasteiger partial charge in [0, 0.05) is 32.4 Å². The van der Waals surface area contributed by atoms with Gasteiger partial charge in [-0.3, -0.25) is 9.69 Å². The first-order valence-corrected chi connectivity index (χ1v) is 7.00. The molecule has 1 aromatic rings. The maximum atomic E-state index is 12.0. The van der Waals surface area contributed by atoms with Crippen molar-refractivity contribution in [2.75, 3.05) is 31.6 Å². The summed E-state index contributed by atoms with van der Waals surface area (Å²) < 4.78 is 0. The first kappa shape index (κ1) is 13.0. The Kier molecular flexibility index (Phi) is 3.12. The number of carbonyl (C=O) groups is 2. The van der Waals surface area contributed by atoms with Gasteiger partial charge >= 0.3 is 6.03 Å². The van der Waals surface area contributed by atoms with Crippen molar-refractivity contribution in [2.24, 2.45) is 0 Å². The molecule has 1 saturated heterocycles. The molecular weight excluding hydrogens is 254 g/mol. The molecule has 0 aliphatic carbocycles. The van der Waals surface area contributed by atoms with E-state index in [0.717, 1.165) is 13.0 Å². The van der Waals surface area contributed by atoms with E-state index in [2.05, 4.69) is 17.0 Å². The van der Waals surface area contributed by atoms with Crippen LogP contribution in [0.1, 0.15) is 12.5 Å². The van der Waals surface area contributed by atoms with Crippen molar-refractivity contribution in [2.45, 2.75) is 19.4 Å². The third kappa shape index (κ3) is 1.94. The molecule has 0 spiro atoms. The van der Waals surface area contributed by atoms with E-state index in [-0.39, 0.29) is 18.0 Å². The van der Waals surface area contributed by atoms with Crippen LogP contribution in [0.3, 0.4) is 0 Å². The fraction of sp³-hybridized carbons (Fsp3) is 0.467. The lowest BCUT2D eigenvalue weighted by Crippen LogP contribution is -2.38. The minimum Gasteiger partial charge on any atom is -0.369 e. The zero-order valence-corrected chi connectivity index (χ0v) is 11.9. The summed E-state index contributed by atoms with van der Waals surface area (Å²) in [5.41, 5.74) is 2.57. The third-order valence-corrected chi connectivity index (χ3v) is 4.31. The van der Waals surface area contributed by atoms with E-state index in [0.29, 0.717) is 13.1 Å². The van der Waals surface area contributed by atoms with Gasteiger partial charge in [-0.05, 0) is 25.0 Å². The summed E-state index contributed by atoms with van der Waals surface area (Å²) in [5.74, 6) is -0.0926. The molecule has 1 fully saturated rings. The fourth-order valence-corrected chi connectivity index (χ4v) is 2.91. The van der Waals surface area contributed by atoms with Crippen molar-refractivity contribution >= 4 is 17.6 Å². The van der Waals surface area contributed by atoms with Crippen LogP contribution in [0.4, 0.5) is 10.5 Å². The Morgan fingerprint density at radius 1 is 1.20 bits per heavy atom. The van der Waals surface area contributed by atoms with E-state index in [1.807, 2.05) is 12.1 Å². The standard InChI is InChI=1S/C15H19N3O2/c1-11-14(19)18(15(20)16(11)2)10-9-17-8-7-12-5-3-4-6-13(12)17/h3-6,11H,7-10H2,1-2H3/t11-/m0/s1. The van der Waals surface area contributed by atoms with Crippen molar-refractivity contribution < 1.29 is 9.59 Å². The van der Waals surface area contributed by atoms with Crippen molar-refractivity contribution in [3.8, 4) is 0 Å². The molecule has 0 saturated carbocycles. The smallest absolute Gasteiger partial charge is 0.327 e. The van der Waals surface area contributed by atoms with Crippen molar-refractivity contribution in [3.63, 3.8) is 0 Å². The maximum absolute atomic E-state index is 12.0. The quantitative estimate of drug-likeness (QED) is 0.780. The topological polar surface area (TPSA) is 43.9 Å². The number of benzene rings is 1. The van der Waals surface area contributed by atoms with Gasteiger partial charge in [0.25, 0.3) is 5.91 Å². The molecule has 20 heavy (non-hydrogen) atoms. The van der Waals surface area contributed by atoms with Crippen LogP contribution in [0.25, 0.3) is 0 Å². The van der Waals surface area contributed by atoms with E-state index < -0.39 is 0 Å². The first-order chi connectivity index (χ1) is 9.59. The van der Waals surface area contributed by atoms with Crippen LogP contribution in [0.5, 0.6) is 0 Å². The Morgan fingerprint density at radius 3 is 2.65 bits per heavy atom. The number of urea groups is 1. The monoisotopic (exact) mass is 273 g/mol. The molecule has 0 unspecified atom stereocenters.